The molecule has 3 heterocycles. The number of pyridine rings is 1. The molecule has 7 nitrogen and oxygen atoms in total. The van der Waals surface area contributed by atoms with Gasteiger partial charge < -0.3 is 5.32 Å². The number of rotatable bonds is 4. The summed E-state index contributed by atoms with van der Waals surface area (Å²) in [6.07, 6.45) is -3.41. The fraction of sp³-hybridized carbons (Fsp3) is 0.111. The molecular weight excluding hydrogens is 443 g/mol. The number of carbonyl (C=O) groups excluding carboxylic acids is 1. The summed E-state index contributed by atoms with van der Waals surface area (Å²) in [4.78, 5) is 29.0. The number of para-hydroxylation sites is 1. The van der Waals surface area contributed by atoms with Crippen LogP contribution in [0.5, 0.6) is 0 Å². The fourth-order valence-electron chi connectivity index (χ4n) is 3.02. The number of alkyl halides is 3. The Morgan fingerprint density at radius 3 is 2.77 bits per heavy atom. The van der Waals surface area contributed by atoms with E-state index in [1.165, 1.54) is 24.5 Å². The number of aromatic nitrogens is 4. The Hall–Kier alpha value is -3.18. The minimum Gasteiger partial charge on any atom is -0.315 e. The van der Waals surface area contributed by atoms with E-state index in [0.717, 1.165) is 28.0 Å². The normalized spacial score (nSPS) is 11.7. The number of H-pyrrole nitrogens is 1. The summed E-state index contributed by atoms with van der Waals surface area (Å²) in [6, 6.07) is 7.54. The van der Waals surface area contributed by atoms with Crippen LogP contribution in [0.2, 0.25) is 4.34 Å². The molecule has 0 atom stereocenters. The minimum absolute atomic E-state index is 0.193. The molecule has 0 aliphatic rings. The van der Waals surface area contributed by atoms with Crippen LogP contribution in [0.1, 0.15) is 5.56 Å². The highest BCUT2D eigenvalue weighted by Crippen LogP contribution is 2.37. The molecule has 0 saturated heterocycles. The van der Waals surface area contributed by atoms with E-state index in [0.29, 0.717) is 20.7 Å². The summed E-state index contributed by atoms with van der Waals surface area (Å²) in [5.74, 6) is -0.337. The molecule has 154 valence electrons. The summed E-state index contributed by atoms with van der Waals surface area (Å²) in [5.41, 5.74) is -1.61. The first kappa shape index (κ1) is 20.1. The number of halogens is 4. The van der Waals surface area contributed by atoms with Crippen LogP contribution in [0.3, 0.4) is 0 Å². The highest BCUT2D eigenvalue weighted by atomic mass is 35.5. The van der Waals surface area contributed by atoms with Crippen LogP contribution in [0.15, 0.2) is 47.5 Å². The average Bonchev–Trinajstić information content (AvgIpc) is 3.32. The number of thiophene rings is 1. The third kappa shape index (κ3) is 3.81. The molecule has 1 aromatic carbocycles. The van der Waals surface area contributed by atoms with Crippen molar-refractivity contribution >= 4 is 44.7 Å². The molecule has 0 radical (unpaired) electrons. The van der Waals surface area contributed by atoms with Gasteiger partial charge in [0.05, 0.1) is 21.0 Å². The Morgan fingerprint density at radius 2 is 2.07 bits per heavy atom. The fourth-order valence-corrected chi connectivity index (χ4v) is 4.16. The van der Waals surface area contributed by atoms with E-state index >= 15 is 0 Å². The summed E-state index contributed by atoms with van der Waals surface area (Å²) in [5, 5.41) is 9.48. The van der Waals surface area contributed by atoms with Crippen molar-refractivity contribution in [2.75, 3.05) is 5.32 Å². The summed E-state index contributed by atoms with van der Waals surface area (Å²) >= 11 is 7.07. The Balaban J connectivity index is 1.72. The van der Waals surface area contributed by atoms with Crippen molar-refractivity contribution in [3.63, 3.8) is 0 Å². The first-order chi connectivity index (χ1) is 14.2. The zero-order valence-electron chi connectivity index (χ0n) is 14.8. The van der Waals surface area contributed by atoms with Gasteiger partial charge in [0.2, 0.25) is 5.91 Å². The second-order valence-electron chi connectivity index (χ2n) is 6.17. The molecule has 0 aliphatic heterocycles. The standard InChI is InChI=1S/C18H11ClF3N5O2S/c19-12-6-10(16-23-8-24-26-16)17(30-12)25-13(28)7-27-14(29)5-4-9-2-1-3-11(15(9)27)18(20,21)22/h1-6,8H,7H2,(H,25,28)(H,23,24,26). The quantitative estimate of drug-likeness (QED) is 0.485. The van der Waals surface area contributed by atoms with Gasteiger partial charge >= 0.3 is 6.18 Å². The lowest BCUT2D eigenvalue weighted by Crippen LogP contribution is -2.28. The predicted octanol–water partition coefficient (Wildman–Crippen LogP) is 4.16. The monoisotopic (exact) mass is 453 g/mol. The lowest BCUT2D eigenvalue weighted by Gasteiger charge is -2.15. The van der Waals surface area contributed by atoms with Gasteiger partial charge in [0, 0.05) is 6.07 Å². The van der Waals surface area contributed by atoms with E-state index in [2.05, 4.69) is 20.5 Å². The van der Waals surface area contributed by atoms with Gasteiger partial charge in [0.25, 0.3) is 5.56 Å². The number of hydrogen-bond acceptors (Lipinski definition) is 5. The van der Waals surface area contributed by atoms with Gasteiger partial charge in [-0.05, 0) is 23.6 Å². The van der Waals surface area contributed by atoms with Gasteiger partial charge in [0.15, 0.2) is 5.82 Å². The van der Waals surface area contributed by atoms with Crippen LogP contribution in [0.25, 0.3) is 22.3 Å². The van der Waals surface area contributed by atoms with Crippen molar-refractivity contribution in [3.8, 4) is 11.4 Å². The van der Waals surface area contributed by atoms with Crippen molar-refractivity contribution in [3.05, 3.63) is 63.0 Å². The molecule has 0 fully saturated rings. The maximum Gasteiger partial charge on any atom is 0.418 e. The van der Waals surface area contributed by atoms with Crippen LogP contribution < -0.4 is 10.9 Å². The van der Waals surface area contributed by atoms with E-state index in [4.69, 9.17) is 11.6 Å². The number of amides is 1. The molecular formula is C18H11ClF3N5O2S. The molecule has 0 bridgehead atoms. The van der Waals surface area contributed by atoms with Crippen LogP contribution in [-0.2, 0) is 17.5 Å². The van der Waals surface area contributed by atoms with E-state index in [1.54, 1.807) is 6.07 Å². The summed E-state index contributed by atoms with van der Waals surface area (Å²) < 4.78 is 41.6. The second-order valence-corrected chi connectivity index (χ2v) is 7.86. The van der Waals surface area contributed by atoms with Crippen molar-refractivity contribution in [1.82, 2.24) is 19.7 Å². The van der Waals surface area contributed by atoms with Crippen molar-refractivity contribution in [2.45, 2.75) is 12.7 Å². The predicted molar refractivity (Wildman–Crippen MR) is 107 cm³/mol. The zero-order chi connectivity index (χ0) is 21.5. The number of benzene rings is 1. The van der Waals surface area contributed by atoms with E-state index in [-0.39, 0.29) is 10.9 Å². The van der Waals surface area contributed by atoms with Crippen molar-refractivity contribution in [1.29, 1.82) is 0 Å². The van der Waals surface area contributed by atoms with Gasteiger partial charge in [-0.2, -0.15) is 18.3 Å². The van der Waals surface area contributed by atoms with E-state index in [9.17, 15) is 22.8 Å². The number of fused-ring (bicyclic) bond motifs is 1. The number of aromatic amines is 1. The molecule has 4 aromatic rings. The first-order valence-corrected chi connectivity index (χ1v) is 9.58. The van der Waals surface area contributed by atoms with E-state index in [1.807, 2.05) is 0 Å². The van der Waals surface area contributed by atoms with Crippen molar-refractivity contribution in [2.24, 2.45) is 0 Å². The number of hydrogen-bond donors (Lipinski definition) is 2. The van der Waals surface area contributed by atoms with Gasteiger partial charge in [-0.25, -0.2) is 4.98 Å². The van der Waals surface area contributed by atoms with Gasteiger partial charge in [0.1, 0.15) is 17.9 Å². The summed E-state index contributed by atoms with van der Waals surface area (Å²) in [6.45, 7) is -0.616. The minimum atomic E-state index is -4.69. The Kier molecular flexibility index (Phi) is 5.08. The number of anilines is 1. The molecule has 12 heteroatoms. The van der Waals surface area contributed by atoms with Gasteiger partial charge in [-0.1, -0.05) is 23.7 Å². The first-order valence-electron chi connectivity index (χ1n) is 8.39. The molecule has 0 spiro atoms. The molecule has 0 saturated carbocycles. The Morgan fingerprint density at radius 1 is 1.27 bits per heavy atom. The van der Waals surface area contributed by atoms with Gasteiger partial charge in [-0.3, -0.25) is 19.3 Å². The number of nitrogens with zero attached hydrogens (tertiary/aromatic N) is 3. The molecule has 0 aliphatic carbocycles. The third-order valence-corrected chi connectivity index (χ3v) is 5.42. The van der Waals surface area contributed by atoms with Crippen LogP contribution >= 0.6 is 22.9 Å². The molecule has 2 N–H and O–H groups in total. The third-order valence-electron chi connectivity index (χ3n) is 4.24. The average molecular weight is 454 g/mol. The van der Waals surface area contributed by atoms with Crippen LogP contribution in [0, 0.1) is 0 Å². The zero-order valence-corrected chi connectivity index (χ0v) is 16.4. The molecule has 1 amide bonds. The lowest BCUT2D eigenvalue weighted by molar-refractivity contribution is -0.136. The Labute approximate surface area is 175 Å². The highest BCUT2D eigenvalue weighted by Gasteiger charge is 2.34. The van der Waals surface area contributed by atoms with Crippen LogP contribution in [0.4, 0.5) is 18.2 Å². The summed E-state index contributed by atoms with van der Waals surface area (Å²) in [7, 11) is 0. The molecule has 0 unspecified atom stereocenters. The van der Waals surface area contributed by atoms with E-state index < -0.39 is 29.8 Å². The maximum absolute atomic E-state index is 13.5. The largest absolute Gasteiger partial charge is 0.418 e. The molecule has 4 rings (SSSR count). The second kappa shape index (κ2) is 7.58. The maximum atomic E-state index is 13.5. The topological polar surface area (TPSA) is 92.7 Å². The Bertz CT molecular complexity index is 1300. The lowest BCUT2D eigenvalue weighted by atomic mass is 10.1. The number of carbonyl (C=O) groups is 1. The highest BCUT2D eigenvalue weighted by molar-refractivity contribution is 7.20. The van der Waals surface area contributed by atoms with Gasteiger partial charge in [-0.15, -0.1) is 11.3 Å². The SMILES string of the molecule is O=C(Cn1c(=O)ccc2cccc(C(F)(F)F)c21)Nc1sc(Cl)cc1-c1ncn[nH]1. The van der Waals surface area contributed by atoms with Crippen molar-refractivity contribution < 1.29 is 18.0 Å². The van der Waals surface area contributed by atoms with Crippen LogP contribution in [-0.4, -0.2) is 25.7 Å². The smallest absolute Gasteiger partial charge is 0.315 e. The number of nitrogens with one attached hydrogen (secondary N) is 2. The molecule has 3 aromatic heterocycles. The molecule has 30 heavy (non-hydrogen) atoms.